The molecule has 0 aromatic heterocycles. The molecule has 4 nitrogen and oxygen atoms in total. The summed E-state index contributed by atoms with van der Waals surface area (Å²) < 4.78 is 45.6. The van der Waals surface area contributed by atoms with Gasteiger partial charge in [0.1, 0.15) is 10.4 Å². The van der Waals surface area contributed by atoms with E-state index in [2.05, 4.69) is 0 Å². The summed E-state index contributed by atoms with van der Waals surface area (Å²) in [5, 5.41) is -1.20. The number of hydrogen-bond acceptors (Lipinski definition) is 4. The van der Waals surface area contributed by atoms with Crippen LogP contribution < -0.4 is 0 Å². The monoisotopic (exact) mass is 302 g/mol. The van der Waals surface area contributed by atoms with E-state index in [0.717, 1.165) is 6.07 Å². The molecule has 0 radical (unpaired) electrons. The van der Waals surface area contributed by atoms with Crippen molar-refractivity contribution in [3.8, 4) is 0 Å². The first-order valence-corrected chi connectivity index (χ1v) is 8.38. The van der Waals surface area contributed by atoms with Crippen LogP contribution in [0.5, 0.6) is 0 Å². The van der Waals surface area contributed by atoms with Crippen molar-refractivity contribution in [2.45, 2.75) is 9.79 Å². The SMILES string of the molecule is O=S(=O)(CCl)c1cccc(S(=O)(=O)CCl)c1. The maximum absolute atomic E-state index is 11.4. The molecule has 0 aliphatic carbocycles. The minimum Gasteiger partial charge on any atom is -0.222 e. The van der Waals surface area contributed by atoms with Gasteiger partial charge in [-0.3, -0.25) is 0 Å². The second-order valence-corrected chi connectivity index (χ2v) is 8.07. The summed E-state index contributed by atoms with van der Waals surface area (Å²) in [5.74, 6) is 0. The molecule has 1 rings (SSSR count). The van der Waals surface area contributed by atoms with Gasteiger partial charge in [0.15, 0.2) is 19.7 Å². The molecule has 0 bridgehead atoms. The molecular formula is C8H8Cl2O4S2. The molecule has 90 valence electrons. The van der Waals surface area contributed by atoms with Crippen LogP contribution in [0.2, 0.25) is 0 Å². The Morgan fingerprint density at radius 1 is 0.875 bits per heavy atom. The van der Waals surface area contributed by atoms with Crippen LogP contribution in [0.1, 0.15) is 0 Å². The van der Waals surface area contributed by atoms with E-state index in [0.29, 0.717) is 0 Å². The lowest BCUT2D eigenvalue weighted by molar-refractivity contribution is 0.598. The fourth-order valence-corrected chi connectivity index (χ4v) is 3.25. The van der Waals surface area contributed by atoms with E-state index >= 15 is 0 Å². The number of alkyl halides is 2. The van der Waals surface area contributed by atoms with Crippen molar-refractivity contribution >= 4 is 42.9 Å². The summed E-state index contributed by atoms with van der Waals surface area (Å²) in [5.41, 5.74) is 0. The molecule has 0 saturated carbocycles. The van der Waals surface area contributed by atoms with Crippen LogP contribution in [-0.2, 0) is 19.7 Å². The molecule has 0 N–H and O–H groups in total. The van der Waals surface area contributed by atoms with Gasteiger partial charge in [-0.05, 0) is 18.2 Å². The fourth-order valence-electron chi connectivity index (χ4n) is 0.987. The predicted octanol–water partition coefficient (Wildman–Crippen LogP) is 1.63. The Balaban J connectivity index is 3.37. The van der Waals surface area contributed by atoms with Gasteiger partial charge in [-0.15, -0.1) is 23.2 Å². The Hall–Kier alpha value is -0.300. The smallest absolute Gasteiger partial charge is 0.192 e. The maximum atomic E-state index is 11.4. The van der Waals surface area contributed by atoms with Gasteiger partial charge in [0, 0.05) is 0 Å². The summed E-state index contributed by atoms with van der Waals surface area (Å²) in [7, 11) is -7.26. The van der Waals surface area contributed by atoms with Crippen LogP contribution in [0, 0.1) is 0 Å². The van der Waals surface area contributed by atoms with E-state index in [1.165, 1.54) is 18.2 Å². The Bertz CT molecular complexity index is 529. The van der Waals surface area contributed by atoms with Gasteiger partial charge in [0.25, 0.3) is 0 Å². The molecule has 0 aliphatic rings. The highest BCUT2D eigenvalue weighted by atomic mass is 35.5. The van der Waals surface area contributed by atoms with Crippen molar-refractivity contribution in [1.29, 1.82) is 0 Å². The predicted molar refractivity (Wildman–Crippen MR) is 62.3 cm³/mol. The third-order valence-electron chi connectivity index (χ3n) is 1.81. The van der Waals surface area contributed by atoms with Crippen molar-refractivity contribution in [1.82, 2.24) is 0 Å². The highest BCUT2D eigenvalue weighted by Gasteiger charge is 2.18. The quantitative estimate of drug-likeness (QED) is 0.793. The van der Waals surface area contributed by atoms with E-state index in [9.17, 15) is 16.8 Å². The van der Waals surface area contributed by atoms with Crippen LogP contribution in [-0.4, -0.2) is 27.3 Å². The van der Waals surface area contributed by atoms with Gasteiger partial charge in [-0.25, -0.2) is 16.8 Å². The van der Waals surface area contributed by atoms with Crippen LogP contribution in [0.25, 0.3) is 0 Å². The van der Waals surface area contributed by atoms with Gasteiger partial charge >= 0.3 is 0 Å². The minimum atomic E-state index is -3.63. The van der Waals surface area contributed by atoms with Crippen LogP contribution in [0.3, 0.4) is 0 Å². The molecule has 0 amide bonds. The Morgan fingerprint density at radius 3 is 1.56 bits per heavy atom. The lowest BCUT2D eigenvalue weighted by Crippen LogP contribution is -2.06. The highest BCUT2D eigenvalue weighted by Crippen LogP contribution is 2.19. The normalized spacial score (nSPS) is 12.6. The largest absolute Gasteiger partial charge is 0.222 e. The molecule has 1 aromatic rings. The summed E-state index contributed by atoms with van der Waals surface area (Å²) in [4.78, 5) is -0.262. The van der Waals surface area contributed by atoms with Crippen LogP contribution in [0.4, 0.5) is 0 Å². The van der Waals surface area contributed by atoms with Gasteiger partial charge in [0.05, 0.1) is 9.79 Å². The second kappa shape index (κ2) is 4.91. The van der Waals surface area contributed by atoms with Gasteiger partial charge in [0.2, 0.25) is 0 Å². The zero-order valence-electron chi connectivity index (χ0n) is 7.93. The minimum absolute atomic E-state index is 0.131. The molecule has 0 atom stereocenters. The van der Waals surface area contributed by atoms with E-state index < -0.39 is 30.1 Å². The zero-order chi connectivity index (χ0) is 12.4. The number of rotatable bonds is 4. The molecule has 0 aliphatic heterocycles. The summed E-state index contributed by atoms with van der Waals surface area (Å²) in [6.07, 6.45) is 0. The average Bonchev–Trinajstić information content (AvgIpc) is 2.29. The molecule has 0 spiro atoms. The molecule has 0 saturated heterocycles. The number of hydrogen-bond donors (Lipinski definition) is 0. The molecule has 0 heterocycles. The maximum Gasteiger partial charge on any atom is 0.192 e. The second-order valence-electron chi connectivity index (χ2n) is 2.92. The first kappa shape index (κ1) is 13.8. The molecule has 1 aromatic carbocycles. The van der Waals surface area contributed by atoms with Crippen molar-refractivity contribution in [2.24, 2.45) is 0 Å². The van der Waals surface area contributed by atoms with Crippen molar-refractivity contribution in [3.63, 3.8) is 0 Å². The summed E-state index contributed by atoms with van der Waals surface area (Å²) >= 11 is 10.5. The third kappa shape index (κ3) is 2.88. The van der Waals surface area contributed by atoms with Crippen molar-refractivity contribution in [3.05, 3.63) is 24.3 Å². The van der Waals surface area contributed by atoms with Crippen LogP contribution in [0.15, 0.2) is 34.1 Å². The highest BCUT2D eigenvalue weighted by molar-refractivity contribution is 7.93. The molecule has 8 heteroatoms. The molecule has 16 heavy (non-hydrogen) atoms. The lowest BCUT2D eigenvalue weighted by Gasteiger charge is -2.03. The van der Waals surface area contributed by atoms with E-state index in [1.54, 1.807) is 0 Å². The van der Waals surface area contributed by atoms with Crippen molar-refractivity contribution < 1.29 is 16.8 Å². The third-order valence-corrected chi connectivity index (χ3v) is 6.05. The number of halogens is 2. The lowest BCUT2D eigenvalue weighted by atomic mass is 10.4. The molecular weight excluding hydrogens is 295 g/mol. The Labute approximate surface area is 104 Å². The first-order valence-electron chi connectivity index (χ1n) is 4.01. The fraction of sp³-hybridized carbons (Fsp3) is 0.250. The van der Waals surface area contributed by atoms with Gasteiger partial charge in [-0.2, -0.15) is 0 Å². The van der Waals surface area contributed by atoms with Gasteiger partial charge in [-0.1, -0.05) is 6.07 Å². The first-order chi connectivity index (χ1) is 7.33. The molecule has 0 unspecified atom stereocenters. The van der Waals surface area contributed by atoms with Crippen molar-refractivity contribution in [2.75, 3.05) is 10.4 Å². The van der Waals surface area contributed by atoms with E-state index in [4.69, 9.17) is 23.2 Å². The molecule has 0 fully saturated rings. The number of sulfone groups is 2. The number of benzene rings is 1. The summed E-state index contributed by atoms with van der Waals surface area (Å²) in [6.45, 7) is 0. The van der Waals surface area contributed by atoms with Crippen LogP contribution >= 0.6 is 23.2 Å². The zero-order valence-corrected chi connectivity index (χ0v) is 11.1. The Kier molecular flexibility index (Phi) is 4.23. The summed E-state index contributed by atoms with van der Waals surface area (Å²) in [6, 6.07) is 4.95. The van der Waals surface area contributed by atoms with Gasteiger partial charge < -0.3 is 0 Å². The van der Waals surface area contributed by atoms with E-state index in [-0.39, 0.29) is 9.79 Å². The standard InChI is InChI=1S/C8H8Cl2O4S2/c9-5-15(11,12)7-2-1-3-8(4-7)16(13,14)6-10/h1-4H,5-6H2. The Morgan fingerprint density at radius 2 is 1.25 bits per heavy atom. The van der Waals surface area contributed by atoms with E-state index in [1.807, 2.05) is 0 Å². The topological polar surface area (TPSA) is 68.3 Å². The average molecular weight is 303 g/mol.